The fraction of sp³-hybridized carbons (Fsp3) is 0.724. The quantitative estimate of drug-likeness (QED) is 0.101. The third-order valence-corrected chi connectivity index (χ3v) is 8.17. The lowest BCUT2D eigenvalue weighted by atomic mass is 9.75. The number of ether oxygens (including phenoxy) is 1. The van der Waals surface area contributed by atoms with E-state index in [0.29, 0.717) is 5.75 Å². The van der Waals surface area contributed by atoms with Gasteiger partial charge in [0, 0.05) is 0 Å². The predicted octanol–water partition coefficient (Wildman–Crippen LogP) is 9.08. The molecule has 0 bridgehead atoms. The molecule has 0 radical (unpaired) electrons. The third-order valence-electron chi connectivity index (χ3n) is 8.08. The van der Waals surface area contributed by atoms with E-state index in [4.69, 9.17) is 4.74 Å². The zero-order valence-electron chi connectivity index (χ0n) is 20.6. The van der Waals surface area contributed by atoms with Gasteiger partial charge < -0.3 is 4.74 Å². The number of aliphatic imine (C=N–C) groups is 1. The normalized spacial score (nSPS) is 25.2. The van der Waals surface area contributed by atoms with E-state index in [2.05, 4.69) is 29.3 Å². The molecule has 182 valence electrons. The van der Waals surface area contributed by atoms with Gasteiger partial charge in [-0.05, 0) is 79.9 Å². The highest BCUT2D eigenvalue weighted by molar-refractivity contribution is 7.78. The fourth-order valence-electron chi connectivity index (χ4n) is 5.84. The van der Waals surface area contributed by atoms with Crippen LogP contribution in [0.25, 0.3) is 0 Å². The first-order valence-corrected chi connectivity index (χ1v) is 14.0. The Labute approximate surface area is 206 Å². The predicted molar refractivity (Wildman–Crippen MR) is 140 cm³/mol. The summed E-state index contributed by atoms with van der Waals surface area (Å²) in [5.41, 5.74) is 0.723. The highest BCUT2D eigenvalue weighted by Gasteiger charge is 2.29. The molecule has 0 heterocycles. The summed E-state index contributed by atoms with van der Waals surface area (Å²) < 4.78 is 5.61. The second kappa shape index (κ2) is 14.7. The van der Waals surface area contributed by atoms with Crippen LogP contribution in [0.15, 0.2) is 29.3 Å². The molecule has 0 saturated heterocycles. The molecule has 3 rings (SSSR count). The summed E-state index contributed by atoms with van der Waals surface area (Å²) in [7, 11) is 0. The van der Waals surface area contributed by atoms with E-state index in [-0.39, 0.29) is 11.9 Å². The molecular formula is C29H43NO2S. The van der Waals surface area contributed by atoms with Crippen LogP contribution in [0.2, 0.25) is 0 Å². The van der Waals surface area contributed by atoms with E-state index in [9.17, 15) is 4.79 Å². The van der Waals surface area contributed by atoms with Crippen LogP contribution < -0.4 is 4.74 Å². The van der Waals surface area contributed by atoms with Crippen LogP contribution in [0, 0.1) is 23.7 Å². The molecule has 0 aliphatic heterocycles. The Kier molecular flexibility index (Phi) is 11.6. The van der Waals surface area contributed by atoms with Crippen LogP contribution in [0.3, 0.4) is 0 Å². The summed E-state index contributed by atoms with van der Waals surface area (Å²) in [4.78, 5) is 16.5. The van der Waals surface area contributed by atoms with Gasteiger partial charge in [0.05, 0.1) is 16.8 Å². The Morgan fingerprint density at radius 2 is 1.39 bits per heavy atom. The van der Waals surface area contributed by atoms with Crippen molar-refractivity contribution in [1.29, 1.82) is 0 Å². The van der Waals surface area contributed by atoms with Crippen molar-refractivity contribution >= 4 is 29.0 Å². The Balaban J connectivity index is 1.27. The number of carbonyl (C=O) groups excluding carboxylic acids is 1. The monoisotopic (exact) mass is 469 g/mol. The highest BCUT2D eigenvalue weighted by Crippen LogP contribution is 2.38. The smallest absolute Gasteiger partial charge is 0.314 e. The molecule has 0 atom stereocenters. The summed E-state index contributed by atoms with van der Waals surface area (Å²) >= 11 is 4.61. The highest BCUT2D eigenvalue weighted by atomic mass is 32.1. The molecule has 3 nitrogen and oxygen atoms in total. The molecule has 2 aliphatic carbocycles. The topological polar surface area (TPSA) is 38.7 Å². The van der Waals surface area contributed by atoms with Crippen molar-refractivity contribution in [3.8, 4) is 5.75 Å². The van der Waals surface area contributed by atoms with Crippen LogP contribution in [0.1, 0.15) is 110 Å². The molecular weight excluding hydrogens is 426 g/mol. The second-order valence-electron chi connectivity index (χ2n) is 10.5. The number of hydrogen-bond donors (Lipinski definition) is 0. The number of hydrogen-bond acceptors (Lipinski definition) is 4. The molecule has 2 aliphatic rings. The third kappa shape index (κ3) is 9.33. The number of nitrogens with zero attached hydrogens (tertiary/aromatic N) is 1. The molecule has 0 unspecified atom stereocenters. The average Bonchev–Trinajstić information content (AvgIpc) is 2.85. The summed E-state index contributed by atoms with van der Waals surface area (Å²) in [6, 6.07) is 7.13. The number of thiocarbonyl (C=S) groups is 1. The maximum absolute atomic E-state index is 12.6. The maximum atomic E-state index is 12.6. The van der Waals surface area contributed by atoms with Gasteiger partial charge in [0.25, 0.3) is 0 Å². The van der Waals surface area contributed by atoms with Crippen molar-refractivity contribution in [2.45, 2.75) is 110 Å². The van der Waals surface area contributed by atoms with Gasteiger partial charge in [-0.15, -0.1) is 0 Å². The van der Waals surface area contributed by atoms with Crippen molar-refractivity contribution in [3.63, 3.8) is 0 Å². The van der Waals surface area contributed by atoms with Gasteiger partial charge >= 0.3 is 5.97 Å². The van der Waals surface area contributed by atoms with E-state index >= 15 is 0 Å². The standard InChI is InChI=1S/C29H43NO2S/c1-2-3-4-5-6-7-23-8-10-24(11-9-23)12-13-25-14-16-26(17-15-25)29(31)32-28-20-18-27(19-21-28)30-22-33/h18-21,23-26H,2-17H2,1H3. The summed E-state index contributed by atoms with van der Waals surface area (Å²) in [6.45, 7) is 2.29. The fourth-order valence-corrected chi connectivity index (χ4v) is 5.95. The van der Waals surface area contributed by atoms with E-state index in [1.54, 1.807) is 24.3 Å². The van der Waals surface area contributed by atoms with Gasteiger partial charge in [-0.2, -0.15) is 4.99 Å². The molecule has 0 spiro atoms. The van der Waals surface area contributed by atoms with Crippen LogP contribution in [0.5, 0.6) is 5.75 Å². The van der Waals surface area contributed by atoms with E-state index in [1.807, 2.05) is 0 Å². The average molecular weight is 470 g/mol. The van der Waals surface area contributed by atoms with Crippen molar-refractivity contribution in [1.82, 2.24) is 0 Å². The Bertz CT molecular complexity index is 739. The SMILES string of the molecule is CCCCCCCC1CCC(CCC2CCC(C(=O)Oc3ccc(N=C=S)cc3)CC2)CC1. The Morgan fingerprint density at radius 3 is 1.97 bits per heavy atom. The van der Waals surface area contributed by atoms with E-state index in [0.717, 1.165) is 36.3 Å². The minimum Gasteiger partial charge on any atom is -0.426 e. The van der Waals surface area contributed by atoms with Crippen LogP contribution in [0.4, 0.5) is 5.69 Å². The molecule has 1 aromatic carbocycles. The molecule has 33 heavy (non-hydrogen) atoms. The largest absolute Gasteiger partial charge is 0.426 e. The first-order valence-electron chi connectivity index (χ1n) is 13.6. The molecule has 0 aromatic heterocycles. The van der Waals surface area contributed by atoms with Crippen molar-refractivity contribution in [2.24, 2.45) is 28.7 Å². The van der Waals surface area contributed by atoms with Gasteiger partial charge in [0.2, 0.25) is 0 Å². The maximum Gasteiger partial charge on any atom is 0.314 e. The number of carbonyl (C=O) groups is 1. The number of benzene rings is 1. The van der Waals surface area contributed by atoms with E-state index in [1.165, 1.54) is 89.9 Å². The summed E-state index contributed by atoms with van der Waals surface area (Å²) in [5.74, 6) is 3.32. The van der Waals surface area contributed by atoms with Crippen molar-refractivity contribution < 1.29 is 9.53 Å². The molecule has 2 fully saturated rings. The first-order chi connectivity index (χ1) is 16.2. The lowest BCUT2D eigenvalue weighted by Crippen LogP contribution is -2.26. The summed E-state index contributed by atoms with van der Waals surface area (Å²) in [5, 5.41) is 2.35. The number of esters is 1. The molecule has 1 aromatic rings. The number of isothiocyanates is 1. The Hall–Kier alpha value is -1.51. The lowest BCUT2D eigenvalue weighted by Gasteiger charge is -2.31. The second-order valence-corrected chi connectivity index (χ2v) is 10.7. The minimum atomic E-state index is -0.0763. The first kappa shape index (κ1) is 26.1. The van der Waals surface area contributed by atoms with E-state index < -0.39 is 0 Å². The van der Waals surface area contributed by atoms with Crippen molar-refractivity contribution in [3.05, 3.63) is 24.3 Å². The number of unbranched alkanes of at least 4 members (excludes halogenated alkanes) is 4. The van der Waals surface area contributed by atoms with Gasteiger partial charge in [0.15, 0.2) is 0 Å². The zero-order chi connectivity index (χ0) is 23.3. The molecule has 0 amide bonds. The summed E-state index contributed by atoms with van der Waals surface area (Å²) in [6.07, 6.45) is 21.5. The van der Waals surface area contributed by atoms with Gasteiger partial charge in [0.1, 0.15) is 5.75 Å². The zero-order valence-corrected chi connectivity index (χ0v) is 21.4. The molecule has 4 heteroatoms. The number of rotatable bonds is 12. The van der Waals surface area contributed by atoms with Crippen LogP contribution >= 0.6 is 12.2 Å². The molecule has 2 saturated carbocycles. The van der Waals surface area contributed by atoms with Gasteiger partial charge in [-0.1, -0.05) is 84.0 Å². The van der Waals surface area contributed by atoms with Gasteiger partial charge in [-0.25, -0.2) is 0 Å². The molecule has 0 N–H and O–H groups in total. The van der Waals surface area contributed by atoms with Crippen LogP contribution in [-0.4, -0.2) is 11.1 Å². The Morgan fingerprint density at radius 1 is 0.848 bits per heavy atom. The van der Waals surface area contributed by atoms with Crippen molar-refractivity contribution in [2.75, 3.05) is 0 Å². The minimum absolute atomic E-state index is 0.0488. The lowest BCUT2D eigenvalue weighted by molar-refractivity contribution is -0.140. The van der Waals surface area contributed by atoms with Gasteiger partial charge in [-0.3, -0.25) is 4.79 Å². The van der Waals surface area contributed by atoms with Crippen LogP contribution in [-0.2, 0) is 4.79 Å².